The van der Waals surface area contributed by atoms with Crippen molar-refractivity contribution in [1.82, 2.24) is 10.6 Å². The number of hydrogen-bond acceptors (Lipinski definition) is 3. The van der Waals surface area contributed by atoms with Crippen LogP contribution in [0.5, 0.6) is 0 Å². The number of hydrogen-bond donors (Lipinski definition) is 2. The van der Waals surface area contributed by atoms with E-state index in [1.165, 1.54) is 0 Å². The maximum absolute atomic E-state index is 11.8. The summed E-state index contributed by atoms with van der Waals surface area (Å²) < 4.78 is 5.82. The molecule has 0 unspecified atom stereocenters. The van der Waals surface area contributed by atoms with Crippen molar-refractivity contribution < 1.29 is 14.3 Å². The highest BCUT2D eigenvalue weighted by molar-refractivity contribution is 6.08. The number of ether oxygens (including phenoxy) is 1. The van der Waals surface area contributed by atoms with Gasteiger partial charge in [0.05, 0.1) is 11.2 Å². The van der Waals surface area contributed by atoms with Crippen LogP contribution in [0.4, 0.5) is 4.79 Å². The molecule has 0 radical (unpaired) electrons. The third-order valence-electron chi connectivity index (χ3n) is 3.19. The standard InChI is InChI=1S/C10H16N2O3/c1-8(2)5-10(9(3,4)15-8)6(13)11-7(14)12-10/h5H2,1-4H3,(H2,11,12,13,14)/t10-/m0/s1. The second-order valence-electron chi connectivity index (χ2n) is 5.36. The highest BCUT2D eigenvalue weighted by Crippen LogP contribution is 2.46. The van der Waals surface area contributed by atoms with E-state index >= 15 is 0 Å². The Labute approximate surface area is 88.5 Å². The van der Waals surface area contributed by atoms with Crippen LogP contribution in [0.15, 0.2) is 0 Å². The summed E-state index contributed by atoms with van der Waals surface area (Å²) in [5, 5.41) is 4.97. The van der Waals surface area contributed by atoms with E-state index in [1.807, 2.05) is 27.7 Å². The summed E-state index contributed by atoms with van der Waals surface area (Å²) in [5.74, 6) is -0.289. The van der Waals surface area contributed by atoms with Gasteiger partial charge in [-0.25, -0.2) is 4.79 Å². The molecule has 5 heteroatoms. The van der Waals surface area contributed by atoms with Crippen molar-refractivity contribution in [3.63, 3.8) is 0 Å². The lowest BCUT2D eigenvalue weighted by Crippen LogP contribution is -2.58. The average molecular weight is 212 g/mol. The van der Waals surface area contributed by atoms with Gasteiger partial charge in [0.25, 0.3) is 5.91 Å². The maximum atomic E-state index is 11.8. The van der Waals surface area contributed by atoms with Crippen molar-refractivity contribution in [2.45, 2.75) is 50.9 Å². The quantitative estimate of drug-likeness (QED) is 0.576. The topological polar surface area (TPSA) is 67.4 Å². The van der Waals surface area contributed by atoms with Crippen LogP contribution in [0.1, 0.15) is 34.1 Å². The zero-order valence-electron chi connectivity index (χ0n) is 9.43. The lowest BCUT2D eigenvalue weighted by Gasteiger charge is -2.33. The monoisotopic (exact) mass is 212 g/mol. The number of carbonyl (C=O) groups is 2. The fraction of sp³-hybridized carbons (Fsp3) is 0.800. The third kappa shape index (κ3) is 1.26. The number of amides is 3. The largest absolute Gasteiger partial charge is 0.367 e. The van der Waals surface area contributed by atoms with Gasteiger partial charge in [-0.3, -0.25) is 10.1 Å². The number of carbonyl (C=O) groups excluding carboxylic acids is 2. The first-order valence-electron chi connectivity index (χ1n) is 5.02. The molecule has 3 amide bonds. The molecule has 2 aliphatic rings. The molecule has 2 N–H and O–H groups in total. The zero-order valence-corrected chi connectivity index (χ0v) is 9.43. The van der Waals surface area contributed by atoms with E-state index in [-0.39, 0.29) is 5.91 Å². The summed E-state index contributed by atoms with van der Waals surface area (Å²) in [6, 6.07) is -0.436. The highest BCUT2D eigenvalue weighted by Gasteiger charge is 2.65. The molecule has 0 saturated carbocycles. The van der Waals surface area contributed by atoms with Gasteiger partial charge in [0, 0.05) is 6.42 Å². The fourth-order valence-electron chi connectivity index (χ4n) is 2.71. The Morgan fingerprint density at radius 2 is 1.80 bits per heavy atom. The Hall–Kier alpha value is -1.10. The van der Waals surface area contributed by atoms with Crippen LogP contribution in [0.25, 0.3) is 0 Å². The van der Waals surface area contributed by atoms with E-state index in [0.29, 0.717) is 6.42 Å². The minimum absolute atomic E-state index is 0.289. The van der Waals surface area contributed by atoms with Crippen LogP contribution >= 0.6 is 0 Å². The maximum Gasteiger partial charge on any atom is 0.322 e. The van der Waals surface area contributed by atoms with Gasteiger partial charge in [-0.05, 0) is 27.7 Å². The van der Waals surface area contributed by atoms with Gasteiger partial charge in [0.2, 0.25) is 0 Å². The number of rotatable bonds is 0. The van der Waals surface area contributed by atoms with Gasteiger partial charge in [0.15, 0.2) is 5.54 Å². The molecule has 1 spiro atoms. The first kappa shape index (κ1) is 10.4. The number of imide groups is 1. The van der Waals surface area contributed by atoms with Crippen LogP contribution < -0.4 is 10.6 Å². The molecule has 2 fully saturated rings. The van der Waals surface area contributed by atoms with E-state index in [0.717, 1.165) is 0 Å². The zero-order chi connectivity index (χ0) is 11.5. The summed E-state index contributed by atoms with van der Waals surface area (Å²) >= 11 is 0. The molecule has 0 aliphatic carbocycles. The van der Waals surface area contributed by atoms with Crippen LogP contribution in [0.3, 0.4) is 0 Å². The third-order valence-corrected chi connectivity index (χ3v) is 3.19. The van der Waals surface area contributed by atoms with Gasteiger partial charge < -0.3 is 10.1 Å². The molecule has 0 aromatic heterocycles. The van der Waals surface area contributed by atoms with Gasteiger partial charge in [-0.1, -0.05) is 0 Å². The van der Waals surface area contributed by atoms with E-state index < -0.39 is 22.8 Å². The number of nitrogens with one attached hydrogen (secondary N) is 2. The molecular weight excluding hydrogens is 196 g/mol. The second-order valence-corrected chi connectivity index (χ2v) is 5.36. The van der Waals surface area contributed by atoms with Crippen molar-refractivity contribution in [2.75, 3.05) is 0 Å². The van der Waals surface area contributed by atoms with Crippen LogP contribution in [0, 0.1) is 0 Å². The molecular formula is C10H16N2O3. The summed E-state index contributed by atoms with van der Waals surface area (Å²) in [4.78, 5) is 23.1. The molecule has 2 saturated heterocycles. The summed E-state index contributed by atoms with van der Waals surface area (Å²) in [6.45, 7) is 7.49. The molecule has 2 rings (SSSR count). The van der Waals surface area contributed by atoms with E-state index in [4.69, 9.17) is 4.74 Å². The summed E-state index contributed by atoms with van der Waals surface area (Å²) in [6.07, 6.45) is 0.491. The molecule has 0 aromatic carbocycles. The Morgan fingerprint density at radius 1 is 1.20 bits per heavy atom. The summed E-state index contributed by atoms with van der Waals surface area (Å²) in [5.41, 5.74) is -2.02. The predicted octanol–water partition coefficient (Wildman–Crippen LogP) is 0.542. The highest BCUT2D eigenvalue weighted by atomic mass is 16.5. The Bertz CT molecular complexity index is 349. The molecule has 0 bridgehead atoms. The predicted molar refractivity (Wildman–Crippen MR) is 53.3 cm³/mol. The number of urea groups is 1. The van der Waals surface area contributed by atoms with E-state index in [9.17, 15) is 9.59 Å². The molecule has 15 heavy (non-hydrogen) atoms. The Balaban J connectivity index is 2.44. The average Bonchev–Trinajstić information content (AvgIpc) is 2.31. The van der Waals surface area contributed by atoms with Crippen molar-refractivity contribution in [2.24, 2.45) is 0 Å². The fourth-order valence-corrected chi connectivity index (χ4v) is 2.71. The van der Waals surface area contributed by atoms with Crippen LogP contribution in [-0.2, 0) is 9.53 Å². The van der Waals surface area contributed by atoms with Gasteiger partial charge in [0.1, 0.15) is 0 Å². The van der Waals surface area contributed by atoms with Crippen LogP contribution in [0.2, 0.25) is 0 Å². The van der Waals surface area contributed by atoms with E-state index in [1.54, 1.807) is 0 Å². The molecule has 0 aromatic rings. The van der Waals surface area contributed by atoms with Gasteiger partial charge >= 0.3 is 6.03 Å². The SMILES string of the molecule is CC1(C)C[C@@]2(NC(=O)NC2=O)C(C)(C)O1. The summed E-state index contributed by atoms with van der Waals surface area (Å²) in [7, 11) is 0. The van der Waals surface area contributed by atoms with Gasteiger partial charge in [-0.2, -0.15) is 0 Å². The smallest absolute Gasteiger partial charge is 0.322 e. The molecule has 2 aliphatic heterocycles. The molecule has 84 valence electrons. The van der Waals surface area contributed by atoms with E-state index in [2.05, 4.69) is 10.6 Å². The normalized spacial score (nSPS) is 36.8. The minimum Gasteiger partial charge on any atom is -0.367 e. The van der Waals surface area contributed by atoms with Gasteiger partial charge in [-0.15, -0.1) is 0 Å². The first-order valence-corrected chi connectivity index (χ1v) is 5.02. The Morgan fingerprint density at radius 3 is 2.13 bits per heavy atom. The lowest BCUT2D eigenvalue weighted by molar-refractivity contribution is -0.131. The minimum atomic E-state index is -0.923. The molecule has 2 heterocycles. The molecule has 5 nitrogen and oxygen atoms in total. The van der Waals surface area contributed by atoms with Crippen molar-refractivity contribution >= 4 is 11.9 Å². The van der Waals surface area contributed by atoms with Crippen molar-refractivity contribution in [3.05, 3.63) is 0 Å². The van der Waals surface area contributed by atoms with Crippen LogP contribution in [-0.4, -0.2) is 28.7 Å². The van der Waals surface area contributed by atoms with Crippen molar-refractivity contribution in [3.8, 4) is 0 Å². The Kier molecular flexibility index (Phi) is 1.75. The second kappa shape index (κ2) is 2.52. The lowest BCUT2D eigenvalue weighted by atomic mass is 9.79. The van der Waals surface area contributed by atoms with Crippen molar-refractivity contribution in [1.29, 1.82) is 0 Å². The first-order chi connectivity index (χ1) is 6.69. The molecule has 1 atom stereocenters.